The van der Waals surface area contributed by atoms with Gasteiger partial charge in [0.15, 0.2) is 0 Å². The van der Waals surface area contributed by atoms with Gasteiger partial charge in [-0.05, 0) is 25.7 Å². The van der Waals surface area contributed by atoms with Crippen LogP contribution in [0.3, 0.4) is 0 Å². The average Bonchev–Trinajstić information content (AvgIpc) is 2.30. The molecule has 1 saturated carbocycles. The highest BCUT2D eigenvalue weighted by atomic mass is 19.1. The number of rotatable bonds is 3. The number of hydrogen-bond donors (Lipinski definition) is 0. The zero-order chi connectivity index (χ0) is 12.3. The molecule has 1 aromatic rings. The first-order chi connectivity index (χ1) is 8.16. The zero-order valence-electron chi connectivity index (χ0n) is 9.26. The van der Waals surface area contributed by atoms with E-state index in [1.807, 2.05) is 0 Å². The topological polar surface area (TPSA) is 65.3 Å². The quantitative estimate of drug-likeness (QED) is 0.463. The molecule has 0 aliphatic heterocycles. The number of halogens is 1. The molecule has 92 valence electrons. The molecule has 1 heterocycles. The molecule has 1 aromatic heterocycles. The van der Waals surface area contributed by atoms with E-state index < -0.39 is 16.6 Å². The smallest absolute Gasteiger partial charge is 0.324 e. The second-order valence-corrected chi connectivity index (χ2v) is 4.09. The van der Waals surface area contributed by atoms with Crippen LogP contribution in [0, 0.1) is 16.1 Å². The van der Waals surface area contributed by atoms with Gasteiger partial charge in [0.1, 0.15) is 6.10 Å². The summed E-state index contributed by atoms with van der Waals surface area (Å²) < 4.78 is 18.7. The molecular weight excluding hydrogens is 227 g/mol. The van der Waals surface area contributed by atoms with E-state index in [0.29, 0.717) is 0 Å². The van der Waals surface area contributed by atoms with E-state index in [4.69, 9.17) is 4.74 Å². The molecule has 0 spiro atoms. The van der Waals surface area contributed by atoms with Gasteiger partial charge in [0.25, 0.3) is 5.95 Å². The molecule has 0 aromatic carbocycles. The van der Waals surface area contributed by atoms with Gasteiger partial charge in [-0.15, -0.1) is 0 Å². The summed E-state index contributed by atoms with van der Waals surface area (Å²) in [5.74, 6) is -0.969. The van der Waals surface area contributed by atoms with Gasteiger partial charge < -0.3 is 4.74 Å². The molecule has 6 heteroatoms. The van der Waals surface area contributed by atoms with Gasteiger partial charge in [0.05, 0.1) is 4.92 Å². The molecule has 1 aliphatic rings. The van der Waals surface area contributed by atoms with Gasteiger partial charge >= 0.3 is 5.69 Å². The molecule has 1 aliphatic carbocycles. The maximum absolute atomic E-state index is 13.2. The van der Waals surface area contributed by atoms with Crippen molar-refractivity contribution in [3.8, 4) is 5.88 Å². The van der Waals surface area contributed by atoms with Crippen molar-refractivity contribution in [1.82, 2.24) is 4.98 Å². The Balaban J connectivity index is 2.06. The Morgan fingerprint density at radius 2 is 2.06 bits per heavy atom. The van der Waals surface area contributed by atoms with Crippen molar-refractivity contribution in [3.63, 3.8) is 0 Å². The lowest BCUT2D eigenvalue weighted by Crippen LogP contribution is -2.20. The largest absolute Gasteiger partial charge is 0.474 e. The molecule has 1 fully saturated rings. The summed E-state index contributed by atoms with van der Waals surface area (Å²) in [5, 5.41) is 10.4. The zero-order valence-corrected chi connectivity index (χ0v) is 9.26. The normalized spacial score (nSPS) is 16.8. The second kappa shape index (κ2) is 5.07. The van der Waals surface area contributed by atoms with Crippen molar-refractivity contribution in [1.29, 1.82) is 0 Å². The highest BCUT2D eigenvalue weighted by molar-refractivity contribution is 5.30. The van der Waals surface area contributed by atoms with Crippen LogP contribution >= 0.6 is 0 Å². The SMILES string of the molecule is O=[N+]([O-])c1ccc(OC2CCCCC2)nc1F. The summed E-state index contributed by atoms with van der Waals surface area (Å²) in [6.07, 6.45) is 5.31. The molecular formula is C11H13FN2O3. The molecule has 0 atom stereocenters. The molecule has 0 bridgehead atoms. The maximum Gasteiger partial charge on any atom is 0.324 e. The Morgan fingerprint density at radius 3 is 2.65 bits per heavy atom. The molecule has 5 nitrogen and oxygen atoms in total. The van der Waals surface area contributed by atoms with E-state index in [0.717, 1.165) is 31.7 Å². The summed E-state index contributed by atoms with van der Waals surface area (Å²) in [7, 11) is 0. The van der Waals surface area contributed by atoms with E-state index in [1.54, 1.807) is 0 Å². The third kappa shape index (κ3) is 2.89. The first-order valence-electron chi connectivity index (χ1n) is 5.64. The van der Waals surface area contributed by atoms with Crippen LogP contribution in [0.5, 0.6) is 5.88 Å². The monoisotopic (exact) mass is 240 g/mol. The minimum Gasteiger partial charge on any atom is -0.474 e. The summed E-state index contributed by atoms with van der Waals surface area (Å²) in [4.78, 5) is 13.1. The van der Waals surface area contributed by atoms with E-state index in [-0.39, 0.29) is 12.0 Å². The van der Waals surface area contributed by atoms with Gasteiger partial charge in [-0.2, -0.15) is 9.37 Å². The van der Waals surface area contributed by atoms with Crippen molar-refractivity contribution in [2.75, 3.05) is 0 Å². The van der Waals surface area contributed by atoms with Crippen molar-refractivity contribution < 1.29 is 14.1 Å². The highest BCUT2D eigenvalue weighted by Crippen LogP contribution is 2.24. The van der Waals surface area contributed by atoms with Crippen molar-refractivity contribution in [2.45, 2.75) is 38.2 Å². The molecule has 0 saturated heterocycles. The van der Waals surface area contributed by atoms with Crippen LogP contribution in [0.1, 0.15) is 32.1 Å². The van der Waals surface area contributed by atoms with Crippen molar-refractivity contribution in [2.24, 2.45) is 0 Å². The van der Waals surface area contributed by atoms with Crippen LogP contribution in [0.25, 0.3) is 0 Å². The van der Waals surface area contributed by atoms with Gasteiger partial charge in [-0.1, -0.05) is 6.42 Å². The van der Waals surface area contributed by atoms with E-state index in [1.165, 1.54) is 12.5 Å². The summed E-state index contributed by atoms with van der Waals surface area (Å²) in [6, 6.07) is 2.43. The average molecular weight is 240 g/mol. The Morgan fingerprint density at radius 1 is 1.35 bits per heavy atom. The Bertz CT molecular complexity index is 419. The van der Waals surface area contributed by atoms with Crippen LogP contribution in [0.15, 0.2) is 12.1 Å². The van der Waals surface area contributed by atoms with Crippen LogP contribution in [0.4, 0.5) is 10.1 Å². The maximum atomic E-state index is 13.2. The number of nitro groups is 1. The fourth-order valence-electron chi connectivity index (χ4n) is 1.97. The molecule has 0 radical (unpaired) electrons. The van der Waals surface area contributed by atoms with Crippen LogP contribution < -0.4 is 4.74 Å². The van der Waals surface area contributed by atoms with Gasteiger partial charge in [-0.3, -0.25) is 10.1 Å². The summed E-state index contributed by atoms with van der Waals surface area (Å²) in [6.45, 7) is 0. The van der Waals surface area contributed by atoms with E-state index >= 15 is 0 Å². The number of ether oxygens (including phenoxy) is 1. The van der Waals surface area contributed by atoms with Crippen molar-refractivity contribution in [3.05, 3.63) is 28.2 Å². The fraction of sp³-hybridized carbons (Fsp3) is 0.545. The van der Waals surface area contributed by atoms with Crippen LogP contribution in [0.2, 0.25) is 0 Å². The number of aromatic nitrogens is 1. The molecule has 17 heavy (non-hydrogen) atoms. The number of hydrogen-bond acceptors (Lipinski definition) is 4. The molecule has 0 N–H and O–H groups in total. The lowest BCUT2D eigenvalue weighted by Gasteiger charge is -2.22. The first kappa shape index (κ1) is 11.8. The third-order valence-electron chi connectivity index (χ3n) is 2.84. The van der Waals surface area contributed by atoms with Crippen LogP contribution in [-0.4, -0.2) is 16.0 Å². The standard InChI is InChI=1S/C11H13FN2O3/c12-11-9(14(15)16)6-7-10(13-11)17-8-4-2-1-3-5-8/h6-8H,1-5H2. The lowest BCUT2D eigenvalue weighted by atomic mass is 9.98. The van der Waals surface area contributed by atoms with Gasteiger partial charge in [0, 0.05) is 12.1 Å². The third-order valence-corrected chi connectivity index (χ3v) is 2.84. The van der Waals surface area contributed by atoms with E-state index in [2.05, 4.69) is 4.98 Å². The summed E-state index contributed by atoms with van der Waals surface area (Å²) >= 11 is 0. The molecule has 0 unspecified atom stereocenters. The molecule has 0 amide bonds. The highest BCUT2D eigenvalue weighted by Gasteiger charge is 2.19. The predicted octanol–water partition coefficient (Wildman–Crippen LogP) is 2.84. The minimum atomic E-state index is -1.09. The van der Waals surface area contributed by atoms with Gasteiger partial charge in [0.2, 0.25) is 5.88 Å². The first-order valence-corrected chi connectivity index (χ1v) is 5.64. The Hall–Kier alpha value is -1.72. The van der Waals surface area contributed by atoms with Crippen LogP contribution in [-0.2, 0) is 0 Å². The lowest BCUT2D eigenvalue weighted by molar-refractivity contribution is -0.388. The number of nitrogens with zero attached hydrogens (tertiary/aromatic N) is 2. The fourth-order valence-corrected chi connectivity index (χ4v) is 1.97. The molecule has 2 rings (SSSR count). The Labute approximate surface area is 97.8 Å². The summed E-state index contributed by atoms with van der Waals surface area (Å²) in [5.41, 5.74) is -0.624. The Kier molecular flexibility index (Phi) is 3.51. The van der Waals surface area contributed by atoms with Gasteiger partial charge in [-0.25, -0.2) is 0 Å². The van der Waals surface area contributed by atoms with E-state index in [9.17, 15) is 14.5 Å². The minimum absolute atomic E-state index is 0.0529. The van der Waals surface area contributed by atoms with Crippen molar-refractivity contribution >= 4 is 5.69 Å². The predicted molar refractivity (Wildman–Crippen MR) is 58.4 cm³/mol. The number of pyridine rings is 1. The second-order valence-electron chi connectivity index (χ2n) is 4.09.